The predicted octanol–water partition coefficient (Wildman–Crippen LogP) is 2.68. The highest BCUT2D eigenvalue weighted by atomic mass is 32.2. The van der Waals surface area contributed by atoms with E-state index in [1.807, 2.05) is 6.92 Å². The molecule has 0 radical (unpaired) electrons. The standard InChI is InChI=1S/C16H22O5S/c1-11(2)8-13-9-16(17)21-15(13)10-20-22(18,19)14-6-4-12(3)5-7-14/h4-7,11,13,15H,8-10H2,1-3H3/t13?,15-/m0/s1. The number of hydrogen-bond donors (Lipinski definition) is 0. The van der Waals surface area contributed by atoms with Gasteiger partial charge in [-0.2, -0.15) is 8.42 Å². The topological polar surface area (TPSA) is 69.7 Å². The number of hydrogen-bond acceptors (Lipinski definition) is 5. The summed E-state index contributed by atoms with van der Waals surface area (Å²) in [5.41, 5.74) is 0.973. The second-order valence-corrected chi connectivity index (χ2v) is 7.79. The largest absolute Gasteiger partial charge is 0.460 e. The van der Waals surface area contributed by atoms with Crippen LogP contribution < -0.4 is 0 Å². The van der Waals surface area contributed by atoms with Gasteiger partial charge in [-0.1, -0.05) is 31.5 Å². The number of ether oxygens (including phenoxy) is 1. The van der Waals surface area contributed by atoms with E-state index in [2.05, 4.69) is 13.8 Å². The van der Waals surface area contributed by atoms with E-state index in [4.69, 9.17) is 8.92 Å². The lowest BCUT2D eigenvalue weighted by Crippen LogP contribution is -2.25. The van der Waals surface area contributed by atoms with Gasteiger partial charge in [-0.05, 0) is 31.4 Å². The Morgan fingerprint density at radius 2 is 1.91 bits per heavy atom. The van der Waals surface area contributed by atoms with Crippen molar-refractivity contribution in [2.45, 2.75) is 44.6 Å². The van der Waals surface area contributed by atoms with Crippen LogP contribution in [0.15, 0.2) is 29.2 Å². The van der Waals surface area contributed by atoms with Gasteiger partial charge in [0, 0.05) is 5.92 Å². The summed E-state index contributed by atoms with van der Waals surface area (Å²) in [6.45, 7) is 5.87. The molecule has 1 unspecified atom stereocenters. The van der Waals surface area contributed by atoms with Gasteiger partial charge in [-0.25, -0.2) is 0 Å². The summed E-state index contributed by atoms with van der Waals surface area (Å²) in [5, 5.41) is 0. The molecule has 0 aromatic heterocycles. The van der Waals surface area contributed by atoms with Crippen LogP contribution in [0, 0.1) is 18.8 Å². The van der Waals surface area contributed by atoms with Gasteiger partial charge >= 0.3 is 5.97 Å². The maximum absolute atomic E-state index is 12.1. The van der Waals surface area contributed by atoms with E-state index < -0.39 is 16.2 Å². The molecule has 6 heteroatoms. The summed E-state index contributed by atoms with van der Waals surface area (Å²) < 4.78 is 34.6. The normalized spacial score (nSPS) is 22.1. The van der Waals surface area contributed by atoms with E-state index in [9.17, 15) is 13.2 Å². The van der Waals surface area contributed by atoms with Crippen LogP contribution in [0.1, 0.15) is 32.3 Å². The number of esters is 1. The Morgan fingerprint density at radius 1 is 1.27 bits per heavy atom. The zero-order chi connectivity index (χ0) is 16.3. The molecule has 5 nitrogen and oxygen atoms in total. The highest BCUT2D eigenvalue weighted by molar-refractivity contribution is 7.86. The van der Waals surface area contributed by atoms with Crippen LogP contribution in [0.3, 0.4) is 0 Å². The van der Waals surface area contributed by atoms with Crippen LogP contribution in [0.2, 0.25) is 0 Å². The van der Waals surface area contributed by atoms with Crippen LogP contribution in [-0.2, 0) is 23.8 Å². The molecule has 0 bridgehead atoms. The summed E-state index contributed by atoms with van der Waals surface area (Å²) in [6, 6.07) is 6.45. The first-order valence-electron chi connectivity index (χ1n) is 7.43. The van der Waals surface area contributed by atoms with Crippen molar-refractivity contribution in [3.05, 3.63) is 29.8 Å². The molecule has 0 aliphatic carbocycles. The number of benzene rings is 1. The Hall–Kier alpha value is -1.40. The lowest BCUT2D eigenvalue weighted by atomic mass is 9.91. The lowest BCUT2D eigenvalue weighted by Gasteiger charge is -2.18. The Balaban J connectivity index is 2.01. The van der Waals surface area contributed by atoms with Crippen molar-refractivity contribution in [2.75, 3.05) is 6.61 Å². The predicted molar refractivity (Wildman–Crippen MR) is 81.8 cm³/mol. The zero-order valence-electron chi connectivity index (χ0n) is 13.1. The Labute approximate surface area is 131 Å². The van der Waals surface area contributed by atoms with Crippen molar-refractivity contribution in [1.82, 2.24) is 0 Å². The van der Waals surface area contributed by atoms with Crippen molar-refractivity contribution in [3.63, 3.8) is 0 Å². The molecule has 1 aliphatic heterocycles. The molecule has 0 N–H and O–H groups in total. The lowest BCUT2D eigenvalue weighted by molar-refractivity contribution is -0.142. The molecule has 2 atom stereocenters. The van der Waals surface area contributed by atoms with E-state index in [0.717, 1.165) is 12.0 Å². The number of carbonyl (C=O) groups is 1. The molecule has 122 valence electrons. The third-order valence-electron chi connectivity index (χ3n) is 3.71. The number of rotatable bonds is 6. The van der Waals surface area contributed by atoms with Crippen molar-refractivity contribution in [3.8, 4) is 0 Å². The molecular formula is C16H22O5S. The molecule has 1 saturated heterocycles. The van der Waals surface area contributed by atoms with Crippen LogP contribution in [0.25, 0.3) is 0 Å². The maximum Gasteiger partial charge on any atom is 0.306 e. The minimum Gasteiger partial charge on any atom is -0.460 e. The Bertz CT molecular complexity index is 618. The molecule has 0 saturated carbocycles. The van der Waals surface area contributed by atoms with Gasteiger partial charge in [0.25, 0.3) is 10.1 Å². The second kappa shape index (κ2) is 6.79. The van der Waals surface area contributed by atoms with Crippen LogP contribution >= 0.6 is 0 Å². The summed E-state index contributed by atoms with van der Waals surface area (Å²) in [7, 11) is -3.83. The molecular weight excluding hydrogens is 304 g/mol. The molecule has 1 aliphatic rings. The van der Waals surface area contributed by atoms with Crippen molar-refractivity contribution < 1.29 is 22.1 Å². The Morgan fingerprint density at radius 3 is 2.50 bits per heavy atom. The average Bonchev–Trinajstić information content (AvgIpc) is 2.76. The quantitative estimate of drug-likeness (QED) is 0.594. The smallest absolute Gasteiger partial charge is 0.306 e. The third-order valence-corrected chi connectivity index (χ3v) is 5.00. The van der Waals surface area contributed by atoms with Gasteiger partial charge < -0.3 is 4.74 Å². The Kier molecular flexibility index (Phi) is 5.24. The van der Waals surface area contributed by atoms with Crippen molar-refractivity contribution in [1.29, 1.82) is 0 Å². The van der Waals surface area contributed by atoms with E-state index in [0.29, 0.717) is 12.3 Å². The SMILES string of the molecule is Cc1ccc(S(=O)(=O)OC[C@@H]2OC(=O)CC2CC(C)C)cc1. The number of carbonyl (C=O) groups excluding carboxylic acids is 1. The highest BCUT2D eigenvalue weighted by Crippen LogP contribution is 2.29. The molecule has 1 heterocycles. The monoisotopic (exact) mass is 326 g/mol. The molecule has 1 fully saturated rings. The van der Waals surface area contributed by atoms with Crippen LogP contribution in [0.4, 0.5) is 0 Å². The fourth-order valence-electron chi connectivity index (χ4n) is 2.60. The molecule has 1 aromatic rings. The maximum atomic E-state index is 12.1. The third kappa shape index (κ3) is 4.30. The molecule has 1 aromatic carbocycles. The molecule has 2 rings (SSSR count). The van der Waals surface area contributed by atoms with Gasteiger partial charge in [0.05, 0.1) is 11.3 Å². The van der Waals surface area contributed by atoms with Crippen molar-refractivity contribution >= 4 is 16.1 Å². The summed E-state index contributed by atoms with van der Waals surface area (Å²) >= 11 is 0. The minimum absolute atomic E-state index is 0.0146. The zero-order valence-corrected chi connectivity index (χ0v) is 13.9. The van der Waals surface area contributed by atoms with E-state index in [1.54, 1.807) is 12.1 Å². The fraction of sp³-hybridized carbons (Fsp3) is 0.562. The summed E-state index contributed by atoms with van der Waals surface area (Å²) in [4.78, 5) is 11.6. The number of cyclic esters (lactones) is 1. The van der Waals surface area contributed by atoms with E-state index >= 15 is 0 Å². The molecule has 0 spiro atoms. The second-order valence-electron chi connectivity index (χ2n) is 6.17. The van der Waals surface area contributed by atoms with Crippen LogP contribution in [-0.4, -0.2) is 27.1 Å². The minimum atomic E-state index is -3.83. The van der Waals surface area contributed by atoms with Gasteiger partial charge in [0.1, 0.15) is 12.7 Å². The summed E-state index contributed by atoms with van der Waals surface area (Å²) in [6.07, 6.45) is 0.649. The first-order chi connectivity index (χ1) is 10.3. The van der Waals surface area contributed by atoms with Crippen LogP contribution in [0.5, 0.6) is 0 Å². The summed E-state index contributed by atoms with van der Waals surface area (Å²) in [5.74, 6) is 0.142. The fourth-order valence-corrected chi connectivity index (χ4v) is 3.52. The van der Waals surface area contributed by atoms with E-state index in [-0.39, 0.29) is 23.4 Å². The average molecular weight is 326 g/mol. The van der Waals surface area contributed by atoms with Gasteiger partial charge in [-0.15, -0.1) is 0 Å². The highest BCUT2D eigenvalue weighted by Gasteiger charge is 2.36. The first-order valence-corrected chi connectivity index (χ1v) is 8.84. The van der Waals surface area contributed by atoms with E-state index in [1.165, 1.54) is 12.1 Å². The first kappa shape index (κ1) is 17.0. The number of aryl methyl sites for hydroxylation is 1. The van der Waals surface area contributed by atoms with Gasteiger partial charge in [0.15, 0.2) is 0 Å². The molecule has 0 amide bonds. The molecule has 22 heavy (non-hydrogen) atoms. The van der Waals surface area contributed by atoms with Gasteiger partial charge in [0.2, 0.25) is 0 Å². The van der Waals surface area contributed by atoms with Gasteiger partial charge in [-0.3, -0.25) is 8.98 Å². The van der Waals surface area contributed by atoms with Crippen molar-refractivity contribution in [2.24, 2.45) is 11.8 Å².